The highest BCUT2D eigenvalue weighted by atomic mass is 16.5. The van der Waals surface area contributed by atoms with Crippen molar-refractivity contribution < 1.29 is 9.84 Å². The van der Waals surface area contributed by atoms with Crippen LogP contribution in [0.1, 0.15) is 18.4 Å². The molecule has 15 heavy (non-hydrogen) atoms. The van der Waals surface area contributed by atoms with Crippen LogP contribution in [-0.4, -0.2) is 18.3 Å². The largest absolute Gasteiger partial charge is 0.396 e. The van der Waals surface area contributed by atoms with Gasteiger partial charge in [0.05, 0.1) is 6.61 Å². The molecule has 2 nitrogen and oxygen atoms in total. The SMILES string of the molecule is OCC1CC(COCc2ccccc2)C1. The van der Waals surface area contributed by atoms with E-state index in [0.29, 0.717) is 25.0 Å². The number of hydrogen-bond acceptors (Lipinski definition) is 2. The van der Waals surface area contributed by atoms with Crippen LogP contribution in [0.2, 0.25) is 0 Å². The van der Waals surface area contributed by atoms with Crippen molar-refractivity contribution in [3.05, 3.63) is 35.9 Å². The predicted octanol–water partition coefficient (Wildman–Crippen LogP) is 2.22. The molecule has 1 fully saturated rings. The van der Waals surface area contributed by atoms with Gasteiger partial charge in [0.2, 0.25) is 0 Å². The van der Waals surface area contributed by atoms with E-state index in [1.807, 2.05) is 18.2 Å². The summed E-state index contributed by atoms with van der Waals surface area (Å²) in [4.78, 5) is 0. The molecule has 0 heterocycles. The lowest BCUT2D eigenvalue weighted by Gasteiger charge is -2.33. The van der Waals surface area contributed by atoms with E-state index in [1.165, 1.54) is 5.56 Å². The van der Waals surface area contributed by atoms with E-state index in [9.17, 15) is 0 Å². The van der Waals surface area contributed by atoms with Crippen LogP contribution in [0.15, 0.2) is 30.3 Å². The molecule has 0 saturated heterocycles. The Morgan fingerprint density at radius 1 is 1.13 bits per heavy atom. The van der Waals surface area contributed by atoms with Crippen LogP contribution in [0, 0.1) is 11.8 Å². The third-order valence-electron chi connectivity index (χ3n) is 3.06. The smallest absolute Gasteiger partial charge is 0.0717 e. The quantitative estimate of drug-likeness (QED) is 0.800. The lowest BCUT2D eigenvalue weighted by molar-refractivity contribution is 0.0172. The van der Waals surface area contributed by atoms with Crippen LogP contribution < -0.4 is 0 Å². The van der Waals surface area contributed by atoms with Gasteiger partial charge in [0, 0.05) is 13.2 Å². The summed E-state index contributed by atoms with van der Waals surface area (Å²) in [6.07, 6.45) is 2.26. The highest BCUT2D eigenvalue weighted by molar-refractivity contribution is 5.13. The minimum absolute atomic E-state index is 0.342. The van der Waals surface area contributed by atoms with Crippen molar-refractivity contribution in [2.24, 2.45) is 11.8 Å². The van der Waals surface area contributed by atoms with Crippen LogP contribution >= 0.6 is 0 Å². The van der Waals surface area contributed by atoms with Gasteiger partial charge in [0.15, 0.2) is 0 Å². The molecule has 1 aliphatic carbocycles. The maximum absolute atomic E-state index is 8.87. The number of aliphatic hydroxyl groups is 1. The molecule has 2 rings (SSSR count). The van der Waals surface area contributed by atoms with Gasteiger partial charge in [-0.2, -0.15) is 0 Å². The summed E-state index contributed by atoms with van der Waals surface area (Å²) in [5, 5.41) is 8.87. The molecule has 0 radical (unpaired) electrons. The van der Waals surface area contributed by atoms with Gasteiger partial charge in [-0.05, 0) is 30.2 Å². The molecule has 0 unspecified atom stereocenters. The van der Waals surface area contributed by atoms with Crippen molar-refractivity contribution in [1.29, 1.82) is 0 Å². The topological polar surface area (TPSA) is 29.5 Å². The van der Waals surface area contributed by atoms with Crippen molar-refractivity contribution in [2.45, 2.75) is 19.4 Å². The zero-order valence-corrected chi connectivity index (χ0v) is 8.93. The van der Waals surface area contributed by atoms with Crippen LogP contribution in [0.25, 0.3) is 0 Å². The fourth-order valence-corrected chi connectivity index (χ4v) is 2.08. The predicted molar refractivity (Wildman–Crippen MR) is 59.4 cm³/mol. The number of aliphatic hydroxyl groups excluding tert-OH is 1. The van der Waals surface area contributed by atoms with Crippen molar-refractivity contribution >= 4 is 0 Å². The molecule has 1 N–H and O–H groups in total. The van der Waals surface area contributed by atoms with Crippen molar-refractivity contribution in [3.63, 3.8) is 0 Å². The molecule has 0 aliphatic heterocycles. The van der Waals surface area contributed by atoms with Gasteiger partial charge >= 0.3 is 0 Å². The Kier molecular flexibility index (Phi) is 3.75. The van der Waals surface area contributed by atoms with E-state index in [4.69, 9.17) is 9.84 Å². The fraction of sp³-hybridized carbons (Fsp3) is 0.538. The Hall–Kier alpha value is -0.860. The molecular weight excluding hydrogens is 188 g/mol. The molecule has 82 valence electrons. The van der Waals surface area contributed by atoms with Gasteiger partial charge < -0.3 is 9.84 Å². The Balaban J connectivity index is 1.60. The van der Waals surface area contributed by atoms with Gasteiger partial charge in [0.1, 0.15) is 0 Å². The van der Waals surface area contributed by atoms with E-state index < -0.39 is 0 Å². The van der Waals surface area contributed by atoms with Gasteiger partial charge in [-0.1, -0.05) is 30.3 Å². The summed E-state index contributed by atoms with van der Waals surface area (Å²) in [7, 11) is 0. The second-order valence-electron chi connectivity index (χ2n) is 4.39. The minimum Gasteiger partial charge on any atom is -0.396 e. The van der Waals surface area contributed by atoms with E-state index in [2.05, 4.69) is 12.1 Å². The molecule has 0 spiro atoms. The molecule has 0 bridgehead atoms. The first-order valence-electron chi connectivity index (χ1n) is 5.61. The van der Waals surface area contributed by atoms with Crippen LogP contribution in [0.4, 0.5) is 0 Å². The summed E-state index contributed by atoms with van der Waals surface area (Å²) in [5.74, 6) is 1.21. The molecule has 0 amide bonds. The summed E-state index contributed by atoms with van der Waals surface area (Å²) in [6.45, 7) is 1.89. The average Bonchev–Trinajstić information content (AvgIpc) is 2.23. The minimum atomic E-state index is 0.342. The highest BCUT2D eigenvalue weighted by Crippen LogP contribution is 2.33. The number of ether oxygens (including phenoxy) is 1. The van der Waals surface area contributed by atoms with Gasteiger partial charge in [-0.15, -0.1) is 0 Å². The van der Waals surface area contributed by atoms with Crippen molar-refractivity contribution in [1.82, 2.24) is 0 Å². The zero-order chi connectivity index (χ0) is 10.5. The molecule has 2 heteroatoms. The first-order chi connectivity index (χ1) is 7.38. The second kappa shape index (κ2) is 5.29. The van der Waals surface area contributed by atoms with Gasteiger partial charge in [0.25, 0.3) is 0 Å². The maximum Gasteiger partial charge on any atom is 0.0717 e. The van der Waals surface area contributed by atoms with Gasteiger partial charge in [-0.25, -0.2) is 0 Å². The average molecular weight is 206 g/mol. The Labute approximate surface area is 90.9 Å². The summed E-state index contributed by atoms with van der Waals surface area (Å²) >= 11 is 0. The first-order valence-corrected chi connectivity index (χ1v) is 5.61. The standard InChI is InChI=1S/C13H18O2/c14-8-12-6-13(7-12)10-15-9-11-4-2-1-3-5-11/h1-5,12-14H,6-10H2. The van der Waals surface area contributed by atoms with E-state index >= 15 is 0 Å². The van der Waals surface area contributed by atoms with E-state index in [-0.39, 0.29) is 0 Å². The molecule has 0 atom stereocenters. The van der Waals surface area contributed by atoms with Crippen molar-refractivity contribution in [2.75, 3.05) is 13.2 Å². The lowest BCUT2D eigenvalue weighted by Crippen LogP contribution is -2.29. The van der Waals surface area contributed by atoms with Crippen molar-refractivity contribution in [3.8, 4) is 0 Å². The van der Waals surface area contributed by atoms with Crippen LogP contribution in [0.5, 0.6) is 0 Å². The fourth-order valence-electron chi connectivity index (χ4n) is 2.08. The molecule has 0 aromatic heterocycles. The Morgan fingerprint density at radius 2 is 1.87 bits per heavy atom. The number of benzene rings is 1. The lowest BCUT2D eigenvalue weighted by atomic mass is 9.76. The normalized spacial score (nSPS) is 24.9. The third kappa shape index (κ3) is 3.05. The molecule has 1 aromatic carbocycles. The Bertz CT molecular complexity index is 278. The molecular formula is C13H18O2. The van der Waals surface area contributed by atoms with Gasteiger partial charge in [-0.3, -0.25) is 0 Å². The summed E-state index contributed by atoms with van der Waals surface area (Å²) in [6, 6.07) is 10.2. The highest BCUT2D eigenvalue weighted by Gasteiger charge is 2.28. The number of hydrogen-bond donors (Lipinski definition) is 1. The third-order valence-corrected chi connectivity index (χ3v) is 3.06. The molecule has 1 aromatic rings. The molecule has 1 aliphatic rings. The van der Waals surface area contributed by atoms with E-state index in [1.54, 1.807) is 0 Å². The summed E-state index contributed by atoms with van der Waals surface area (Å²) in [5.41, 5.74) is 1.23. The number of rotatable bonds is 5. The summed E-state index contributed by atoms with van der Waals surface area (Å²) < 4.78 is 5.63. The first kappa shape index (κ1) is 10.7. The zero-order valence-electron chi connectivity index (χ0n) is 8.93. The molecule has 1 saturated carbocycles. The second-order valence-corrected chi connectivity index (χ2v) is 4.39. The maximum atomic E-state index is 8.87. The van der Waals surface area contributed by atoms with Crippen LogP contribution in [-0.2, 0) is 11.3 Å². The van der Waals surface area contributed by atoms with E-state index in [0.717, 1.165) is 19.4 Å². The Morgan fingerprint density at radius 3 is 2.53 bits per heavy atom. The van der Waals surface area contributed by atoms with Crippen LogP contribution in [0.3, 0.4) is 0 Å². The monoisotopic (exact) mass is 206 g/mol.